The fourth-order valence-corrected chi connectivity index (χ4v) is 2.15. The Balaban J connectivity index is 2.63. The van der Waals surface area contributed by atoms with Crippen molar-refractivity contribution in [3.05, 3.63) is 0 Å². The summed E-state index contributed by atoms with van der Waals surface area (Å²) in [5.41, 5.74) is 0. The largest absolute Gasteiger partial charge is 0.481 e. The van der Waals surface area contributed by atoms with Crippen molar-refractivity contribution in [2.75, 3.05) is 6.54 Å². The summed E-state index contributed by atoms with van der Waals surface area (Å²) in [6.45, 7) is 6.37. The van der Waals surface area contributed by atoms with Crippen molar-refractivity contribution in [2.45, 2.75) is 45.4 Å². The Hall–Kier alpha value is -0.610. The summed E-state index contributed by atoms with van der Waals surface area (Å²) < 4.78 is 0. The highest BCUT2D eigenvalue weighted by molar-refractivity contribution is 5.71. The second-order valence-corrected chi connectivity index (χ2v) is 4.19. The van der Waals surface area contributed by atoms with Crippen LogP contribution in [0.15, 0.2) is 0 Å². The number of likely N-dealkylation sites (tertiary alicyclic amines) is 1. The van der Waals surface area contributed by atoms with Crippen molar-refractivity contribution in [3.63, 3.8) is 0 Å². The quantitative estimate of drug-likeness (QED) is 0.700. The van der Waals surface area contributed by atoms with Gasteiger partial charge in [-0.05, 0) is 33.7 Å². The van der Waals surface area contributed by atoms with E-state index >= 15 is 0 Å². The first-order valence-corrected chi connectivity index (χ1v) is 5.11. The van der Waals surface area contributed by atoms with Gasteiger partial charge in [0.05, 0.1) is 12.0 Å². The number of aliphatic carboxylic acids is 1. The zero-order valence-electron chi connectivity index (χ0n) is 8.97. The molecule has 2 N–H and O–H groups in total. The van der Waals surface area contributed by atoms with Crippen LogP contribution < -0.4 is 0 Å². The molecule has 0 spiro atoms. The lowest BCUT2D eigenvalue weighted by atomic mass is 10.0. The molecule has 1 aliphatic heterocycles. The summed E-state index contributed by atoms with van der Waals surface area (Å²) in [6.07, 6.45) is 0.276. The molecule has 14 heavy (non-hydrogen) atoms. The van der Waals surface area contributed by atoms with Crippen LogP contribution in [0.1, 0.15) is 27.2 Å². The van der Waals surface area contributed by atoms with Gasteiger partial charge in [-0.2, -0.15) is 0 Å². The average Bonchev–Trinajstić information content (AvgIpc) is 2.45. The SMILES string of the molecule is CC(O)C(C)N1CCC(C(=O)O)C1C. The van der Waals surface area contributed by atoms with Crippen molar-refractivity contribution in [2.24, 2.45) is 5.92 Å². The van der Waals surface area contributed by atoms with E-state index in [4.69, 9.17) is 5.11 Å². The van der Waals surface area contributed by atoms with E-state index in [1.54, 1.807) is 6.92 Å². The zero-order valence-corrected chi connectivity index (χ0v) is 8.97. The zero-order chi connectivity index (χ0) is 10.9. The maximum absolute atomic E-state index is 10.9. The van der Waals surface area contributed by atoms with Gasteiger partial charge in [-0.25, -0.2) is 0 Å². The first-order chi connectivity index (χ1) is 6.45. The van der Waals surface area contributed by atoms with E-state index in [-0.39, 0.29) is 18.0 Å². The molecule has 4 atom stereocenters. The number of aliphatic hydroxyl groups is 1. The molecule has 4 unspecified atom stereocenters. The molecule has 0 aromatic carbocycles. The topological polar surface area (TPSA) is 60.8 Å². The van der Waals surface area contributed by atoms with Gasteiger partial charge in [-0.3, -0.25) is 9.69 Å². The molecule has 4 heteroatoms. The Kier molecular flexibility index (Phi) is 3.50. The van der Waals surface area contributed by atoms with Gasteiger partial charge in [0.1, 0.15) is 0 Å². The van der Waals surface area contributed by atoms with E-state index in [1.165, 1.54) is 0 Å². The van der Waals surface area contributed by atoms with Crippen molar-refractivity contribution in [3.8, 4) is 0 Å². The summed E-state index contributed by atoms with van der Waals surface area (Å²) in [6, 6.07) is 0.0615. The number of rotatable bonds is 3. The molecule has 0 bridgehead atoms. The summed E-state index contributed by atoms with van der Waals surface area (Å²) in [5, 5.41) is 18.4. The van der Waals surface area contributed by atoms with Crippen molar-refractivity contribution in [1.82, 2.24) is 4.90 Å². The van der Waals surface area contributed by atoms with Crippen LogP contribution in [-0.4, -0.2) is 45.8 Å². The lowest BCUT2D eigenvalue weighted by molar-refractivity contribution is -0.142. The maximum Gasteiger partial charge on any atom is 0.308 e. The van der Waals surface area contributed by atoms with E-state index in [0.717, 1.165) is 6.54 Å². The van der Waals surface area contributed by atoms with Gasteiger partial charge in [0.2, 0.25) is 0 Å². The van der Waals surface area contributed by atoms with Gasteiger partial charge in [-0.15, -0.1) is 0 Å². The Morgan fingerprint density at radius 2 is 2.07 bits per heavy atom. The van der Waals surface area contributed by atoms with E-state index < -0.39 is 12.1 Å². The molecule has 0 amide bonds. The molecule has 1 aliphatic rings. The minimum Gasteiger partial charge on any atom is -0.481 e. The number of hydrogen-bond acceptors (Lipinski definition) is 3. The van der Waals surface area contributed by atoms with E-state index in [0.29, 0.717) is 6.42 Å². The molecule has 1 heterocycles. The normalized spacial score (nSPS) is 32.9. The first kappa shape index (κ1) is 11.5. The summed E-state index contributed by atoms with van der Waals surface area (Å²) in [4.78, 5) is 12.9. The fourth-order valence-electron chi connectivity index (χ4n) is 2.15. The Morgan fingerprint density at radius 3 is 2.43 bits per heavy atom. The highest BCUT2D eigenvalue weighted by Gasteiger charge is 2.38. The average molecular weight is 201 g/mol. The lowest BCUT2D eigenvalue weighted by Crippen LogP contribution is -2.44. The smallest absolute Gasteiger partial charge is 0.308 e. The second-order valence-electron chi connectivity index (χ2n) is 4.19. The van der Waals surface area contributed by atoms with Gasteiger partial charge in [0, 0.05) is 12.1 Å². The second kappa shape index (κ2) is 4.28. The van der Waals surface area contributed by atoms with E-state index in [9.17, 15) is 9.90 Å². The Bertz CT molecular complexity index is 217. The number of carboxylic acid groups (broad SMARTS) is 1. The molecule has 1 rings (SSSR count). The van der Waals surface area contributed by atoms with Crippen molar-refractivity contribution in [1.29, 1.82) is 0 Å². The molecule has 82 valence electrons. The molecule has 0 saturated carbocycles. The number of carbonyl (C=O) groups is 1. The predicted octanol–water partition coefficient (Wildman–Crippen LogP) is 0.551. The minimum absolute atomic E-state index is 0.0251. The summed E-state index contributed by atoms with van der Waals surface area (Å²) in [5.74, 6) is -1.01. The first-order valence-electron chi connectivity index (χ1n) is 5.11. The molecule has 0 radical (unpaired) electrons. The number of carboxylic acids is 1. The molecule has 4 nitrogen and oxygen atoms in total. The van der Waals surface area contributed by atoms with Gasteiger partial charge in [-0.1, -0.05) is 0 Å². The van der Waals surface area contributed by atoms with Gasteiger partial charge in [0.15, 0.2) is 0 Å². The molecule has 1 saturated heterocycles. The van der Waals surface area contributed by atoms with Crippen LogP contribution in [0.5, 0.6) is 0 Å². The van der Waals surface area contributed by atoms with E-state index in [2.05, 4.69) is 4.90 Å². The summed E-state index contributed by atoms with van der Waals surface area (Å²) in [7, 11) is 0. The molecule has 1 fully saturated rings. The number of aliphatic hydroxyl groups excluding tert-OH is 1. The third-order valence-corrected chi connectivity index (χ3v) is 3.34. The highest BCUT2D eigenvalue weighted by Crippen LogP contribution is 2.27. The van der Waals surface area contributed by atoms with E-state index in [1.807, 2.05) is 13.8 Å². The Labute approximate surface area is 84.5 Å². The van der Waals surface area contributed by atoms with Gasteiger partial charge in [0.25, 0.3) is 0 Å². The molecular weight excluding hydrogens is 182 g/mol. The third-order valence-electron chi connectivity index (χ3n) is 3.34. The molecule has 0 aromatic heterocycles. The molecule has 0 aliphatic carbocycles. The van der Waals surface area contributed by atoms with Crippen LogP contribution in [0.2, 0.25) is 0 Å². The number of nitrogens with zero attached hydrogens (tertiary/aromatic N) is 1. The van der Waals surface area contributed by atoms with Crippen LogP contribution >= 0.6 is 0 Å². The van der Waals surface area contributed by atoms with Gasteiger partial charge < -0.3 is 10.2 Å². The maximum atomic E-state index is 10.9. The standard InChI is InChI=1S/C10H19NO3/c1-6(8(3)12)11-5-4-9(7(11)2)10(13)14/h6-9,12H,4-5H2,1-3H3,(H,13,14). The minimum atomic E-state index is -0.724. The fraction of sp³-hybridized carbons (Fsp3) is 0.900. The summed E-state index contributed by atoms with van der Waals surface area (Å²) >= 11 is 0. The lowest BCUT2D eigenvalue weighted by Gasteiger charge is -2.31. The van der Waals surface area contributed by atoms with Crippen LogP contribution in [-0.2, 0) is 4.79 Å². The Morgan fingerprint density at radius 1 is 1.50 bits per heavy atom. The molecular formula is C10H19NO3. The number of hydrogen-bond donors (Lipinski definition) is 2. The van der Waals surface area contributed by atoms with Crippen LogP contribution in [0.3, 0.4) is 0 Å². The van der Waals surface area contributed by atoms with Crippen LogP contribution in [0.4, 0.5) is 0 Å². The van der Waals surface area contributed by atoms with Gasteiger partial charge >= 0.3 is 5.97 Å². The molecule has 0 aromatic rings. The third kappa shape index (κ3) is 2.07. The highest BCUT2D eigenvalue weighted by atomic mass is 16.4. The predicted molar refractivity (Wildman–Crippen MR) is 53.1 cm³/mol. The van der Waals surface area contributed by atoms with Crippen LogP contribution in [0, 0.1) is 5.92 Å². The van der Waals surface area contributed by atoms with Crippen molar-refractivity contribution >= 4 is 5.97 Å². The van der Waals surface area contributed by atoms with Crippen LogP contribution in [0.25, 0.3) is 0 Å². The monoisotopic (exact) mass is 201 g/mol. The van der Waals surface area contributed by atoms with Crippen molar-refractivity contribution < 1.29 is 15.0 Å².